The summed E-state index contributed by atoms with van der Waals surface area (Å²) in [5.74, 6) is 1.67. The highest BCUT2D eigenvalue weighted by Gasteiger charge is 2.32. The Balaban J connectivity index is 2.22. The zero-order valence-electron chi connectivity index (χ0n) is 15.2. The van der Waals surface area contributed by atoms with E-state index in [0.717, 1.165) is 16.8 Å². The van der Waals surface area contributed by atoms with Crippen LogP contribution in [0, 0.1) is 11.3 Å². The van der Waals surface area contributed by atoms with Gasteiger partial charge in [0, 0.05) is 43.0 Å². The average Bonchev–Trinajstić information content (AvgIpc) is 2.65. The predicted octanol–water partition coefficient (Wildman–Crippen LogP) is 2.99. The molecule has 1 aliphatic heterocycles. The number of hydrogen-bond acceptors (Lipinski definition) is 6. The molecule has 0 bridgehead atoms. The van der Waals surface area contributed by atoms with E-state index in [0.29, 0.717) is 22.8 Å². The minimum atomic E-state index is -0.374. The van der Waals surface area contributed by atoms with Crippen molar-refractivity contribution >= 4 is 5.69 Å². The third kappa shape index (κ3) is 2.88. The molecule has 2 N–H and O–H groups in total. The highest BCUT2D eigenvalue weighted by atomic mass is 16.5. The number of nitriles is 1. The van der Waals surface area contributed by atoms with Crippen LogP contribution in [-0.4, -0.2) is 28.3 Å². The van der Waals surface area contributed by atoms with Gasteiger partial charge in [-0.05, 0) is 12.1 Å². The molecule has 0 spiro atoms. The lowest BCUT2D eigenvalue weighted by atomic mass is 9.83. The summed E-state index contributed by atoms with van der Waals surface area (Å²) in [5, 5.41) is 9.68. The van der Waals surface area contributed by atoms with E-state index < -0.39 is 0 Å². The highest BCUT2D eigenvalue weighted by molar-refractivity contribution is 5.63. The number of ether oxygens (including phenoxy) is 3. The smallest absolute Gasteiger partial charge is 0.205 e. The number of hydrogen-bond donors (Lipinski definition) is 1. The summed E-state index contributed by atoms with van der Waals surface area (Å²) in [6.45, 7) is 0. The van der Waals surface area contributed by atoms with Crippen LogP contribution in [0.15, 0.2) is 47.9 Å². The zero-order chi connectivity index (χ0) is 18.8. The maximum absolute atomic E-state index is 9.68. The number of nitrogens with two attached hydrogens (primary N) is 1. The van der Waals surface area contributed by atoms with Crippen molar-refractivity contribution in [1.29, 1.82) is 5.26 Å². The molecule has 2 aromatic rings. The predicted molar refractivity (Wildman–Crippen MR) is 99.6 cm³/mol. The van der Waals surface area contributed by atoms with Crippen LogP contribution in [0.4, 0.5) is 5.69 Å². The SMILES string of the molecule is COc1ccc(C2C(C#N)=C(N)Oc3cc(N(C)C)ccc32)c(OC)c1. The average molecular weight is 351 g/mol. The molecule has 0 saturated heterocycles. The van der Waals surface area contributed by atoms with Gasteiger partial charge in [-0.25, -0.2) is 0 Å². The van der Waals surface area contributed by atoms with Gasteiger partial charge in [0.1, 0.15) is 28.9 Å². The molecule has 0 aromatic heterocycles. The van der Waals surface area contributed by atoms with Gasteiger partial charge < -0.3 is 24.8 Å². The summed E-state index contributed by atoms with van der Waals surface area (Å²) in [6.07, 6.45) is 0. The molecule has 1 heterocycles. The summed E-state index contributed by atoms with van der Waals surface area (Å²) < 4.78 is 16.6. The Morgan fingerprint density at radius 1 is 1.08 bits per heavy atom. The molecule has 1 aliphatic rings. The van der Waals surface area contributed by atoms with Gasteiger partial charge in [0.15, 0.2) is 0 Å². The fourth-order valence-corrected chi connectivity index (χ4v) is 3.10. The normalized spacial score (nSPS) is 15.6. The molecule has 0 aliphatic carbocycles. The van der Waals surface area contributed by atoms with Gasteiger partial charge in [-0.15, -0.1) is 0 Å². The molecule has 6 heteroatoms. The van der Waals surface area contributed by atoms with Crippen molar-refractivity contribution in [2.45, 2.75) is 5.92 Å². The third-order valence-electron chi connectivity index (χ3n) is 4.47. The quantitative estimate of drug-likeness (QED) is 0.912. The molecule has 0 saturated carbocycles. The summed E-state index contributed by atoms with van der Waals surface area (Å²) >= 11 is 0. The van der Waals surface area contributed by atoms with Crippen LogP contribution in [-0.2, 0) is 0 Å². The number of nitrogens with zero attached hydrogens (tertiary/aromatic N) is 2. The fraction of sp³-hybridized carbons (Fsp3) is 0.250. The van der Waals surface area contributed by atoms with Gasteiger partial charge in [-0.3, -0.25) is 0 Å². The third-order valence-corrected chi connectivity index (χ3v) is 4.47. The van der Waals surface area contributed by atoms with Gasteiger partial charge in [0.25, 0.3) is 0 Å². The maximum Gasteiger partial charge on any atom is 0.205 e. The highest BCUT2D eigenvalue weighted by Crippen LogP contribution is 2.46. The van der Waals surface area contributed by atoms with E-state index >= 15 is 0 Å². The number of fused-ring (bicyclic) bond motifs is 1. The lowest BCUT2D eigenvalue weighted by Crippen LogP contribution is -2.22. The second kappa shape index (κ2) is 6.89. The van der Waals surface area contributed by atoms with Gasteiger partial charge in [0.2, 0.25) is 5.88 Å². The summed E-state index contributed by atoms with van der Waals surface area (Å²) in [5.41, 5.74) is 9.10. The summed E-state index contributed by atoms with van der Waals surface area (Å²) in [4.78, 5) is 1.98. The number of methoxy groups -OCH3 is 2. The van der Waals surface area contributed by atoms with Crippen molar-refractivity contribution in [3.05, 3.63) is 59.0 Å². The Labute approximate surface area is 153 Å². The molecule has 0 radical (unpaired) electrons. The van der Waals surface area contributed by atoms with Gasteiger partial charge >= 0.3 is 0 Å². The number of allylic oxidation sites excluding steroid dienone is 1. The van der Waals surface area contributed by atoms with Crippen molar-refractivity contribution in [2.75, 3.05) is 33.2 Å². The van der Waals surface area contributed by atoms with E-state index in [1.54, 1.807) is 20.3 Å². The van der Waals surface area contributed by atoms with Crippen LogP contribution in [0.5, 0.6) is 17.2 Å². The van der Waals surface area contributed by atoms with Crippen molar-refractivity contribution in [3.63, 3.8) is 0 Å². The van der Waals surface area contributed by atoms with E-state index in [9.17, 15) is 5.26 Å². The van der Waals surface area contributed by atoms with Crippen molar-refractivity contribution in [1.82, 2.24) is 0 Å². The van der Waals surface area contributed by atoms with Crippen molar-refractivity contribution in [3.8, 4) is 23.3 Å². The van der Waals surface area contributed by atoms with Gasteiger partial charge in [0.05, 0.1) is 20.1 Å². The van der Waals surface area contributed by atoms with E-state index in [1.807, 2.05) is 49.3 Å². The minimum Gasteiger partial charge on any atom is -0.497 e. The van der Waals surface area contributed by atoms with E-state index in [4.69, 9.17) is 19.9 Å². The van der Waals surface area contributed by atoms with Crippen LogP contribution < -0.4 is 24.8 Å². The first-order valence-corrected chi connectivity index (χ1v) is 8.11. The van der Waals surface area contributed by atoms with Crippen LogP contribution >= 0.6 is 0 Å². The van der Waals surface area contributed by atoms with E-state index in [2.05, 4.69) is 6.07 Å². The molecular weight excluding hydrogens is 330 g/mol. The molecule has 1 atom stereocenters. The van der Waals surface area contributed by atoms with Crippen LogP contribution in [0.3, 0.4) is 0 Å². The number of anilines is 1. The second-order valence-electron chi connectivity index (χ2n) is 6.15. The first-order chi connectivity index (χ1) is 12.5. The molecular formula is C20H21N3O3. The van der Waals surface area contributed by atoms with Gasteiger partial charge in [-0.1, -0.05) is 12.1 Å². The Kier molecular flexibility index (Phi) is 4.63. The topological polar surface area (TPSA) is 80.7 Å². The van der Waals surface area contributed by atoms with E-state index in [1.165, 1.54) is 0 Å². The molecule has 2 aromatic carbocycles. The van der Waals surface area contributed by atoms with Crippen LogP contribution in [0.2, 0.25) is 0 Å². The molecule has 134 valence electrons. The Hall–Kier alpha value is -3.33. The molecule has 0 fully saturated rings. The molecule has 1 unspecified atom stereocenters. The zero-order valence-corrected chi connectivity index (χ0v) is 15.2. The first-order valence-electron chi connectivity index (χ1n) is 8.11. The second-order valence-corrected chi connectivity index (χ2v) is 6.15. The lowest BCUT2D eigenvalue weighted by Gasteiger charge is -2.28. The Morgan fingerprint density at radius 3 is 2.42 bits per heavy atom. The standard InChI is InChI=1S/C20H21N3O3/c1-23(2)12-5-7-15-18(9-12)26-20(22)16(11-21)19(15)14-8-6-13(24-3)10-17(14)25-4/h5-10,19H,22H2,1-4H3. The van der Waals surface area contributed by atoms with Gasteiger partial charge in [-0.2, -0.15) is 5.26 Å². The Bertz CT molecular complexity index is 913. The number of benzene rings is 2. The summed E-state index contributed by atoms with van der Waals surface area (Å²) in [7, 11) is 7.09. The molecule has 6 nitrogen and oxygen atoms in total. The van der Waals surface area contributed by atoms with Crippen LogP contribution in [0.1, 0.15) is 17.0 Å². The van der Waals surface area contributed by atoms with E-state index in [-0.39, 0.29) is 11.8 Å². The monoisotopic (exact) mass is 351 g/mol. The molecule has 0 amide bonds. The maximum atomic E-state index is 9.68. The minimum absolute atomic E-state index is 0.110. The lowest BCUT2D eigenvalue weighted by molar-refractivity contribution is 0.381. The van der Waals surface area contributed by atoms with Crippen molar-refractivity contribution < 1.29 is 14.2 Å². The summed E-state index contributed by atoms with van der Waals surface area (Å²) in [6, 6.07) is 13.6. The van der Waals surface area contributed by atoms with Crippen molar-refractivity contribution in [2.24, 2.45) is 5.73 Å². The van der Waals surface area contributed by atoms with Crippen LogP contribution in [0.25, 0.3) is 0 Å². The number of rotatable bonds is 4. The Morgan fingerprint density at radius 2 is 1.81 bits per heavy atom. The fourth-order valence-electron chi connectivity index (χ4n) is 3.10. The molecule has 3 rings (SSSR count). The largest absolute Gasteiger partial charge is 0.497 e. The molecule has 26 heavy (non-hydrogen) atoms. The first kappa shape index (κ1) is 17.5.